The Kier molecular flexibility index (Phi) is 5.54. The summed E-state index contributed by atoms with van der Waals surface area (Å²) in [7, 11) is 1.26. The van der Waals surface area contributed by atoms with Crippen LogP contribution in [0.5, 0.6) is 0 Å². The third kappa shape index (κ3) is 5.97. The average Bonchev–Trinajstić information content (AvgIpc) is 2.11. The maximum Gasteiger partial charge on any atom is 0.324 e. The molecular formula is C11H24N2O4. The second-order valence-electron chi connectivity index (χ2n) is 5.45. The molecule has 4 N–H and O–H groups in total. The van der Waals surface area contributed by atoms with Crippen molar-refractivity contribution in [3.8, 4) is 0 Å². The van der Waals surface area contributed by atoms with Gasteiger partial charge in [-0.3, -0.25) is 10.1 Å². The van der Waals surface area contributed by atoms with Crippen molar-refractivity contribution >= 4 is 5.97 Å². The number of carbonyl (C=O) groups excluding carboxylic acids is 1. The van der Waals surface area contributed by atoms with Crippen LogP contribution in [0.3, 0.4) is 0 Å². The zero-order chi connectivity index (χ0) is 13.9. The third-order valence-electron chi connectivity index (χ3n) is 2.19. The van der Waals surface area contributed by atoms with E-state index in [2.05, 4.69) is 10.1 Å². The molecule has 0 spiro atoms. The van der Waals surface area contributed by atoms with Gasteiger partial charge in [-0.2, -0.15) is 0 Å². The summed E-state index contributed by atoms with van der Waals surface area (Å²) in [6.45, 7) is 8.80. The van der Waals surface area contributed by atoms with Crippen molar-refractivity contribution in [2.45, 2.75) is 58.2 Å². The first-order valence-corrected chi connectivity index (χ1v) is 5.46. The number of hydrogen-bond acceptors (Lipinski definition) is 6. The summed E-state index contributed by atoms with van der Waals surface area (Å²) < 4.78 is 9.83. The highest BCUT2D eigenvalue weighted by molar-refractivity contribution is 5.77. The van der Waals surface area contributed by atoms with Gasteiger partial charge in [0.15, 0.2) is 0 Å². The second kappa shape index (κ2) is 5.77. The van der Waals surface area contributed by atoms with Gasteiger partial charge in [0, 0.05) is 5.54 Å². The molecule has 0 radical (unpaired) electrons. The van der Waals surface area contributed by atoms with Gasteiger partial charge in [-0.1, -0.05) is 0 Å². The molecule has 0 fully saturated rings. The van der Waals surface area contributed by atoms with Gasteiger partial charge >= 0.3 is 5.97 Å². The number of esters is 1. The molecule has 0 bridgehead atoms. The largest absolute Gasteiger partial charge is 0.468 e. The minimum absolute atomic E-state index is 0.502. The normalized spacial score (nSPS) is 16.5. The topological polar surface area (TPSA) is 93.8 Å². The molecule has 0 heterocycles. The molecule has 0 amide bonds. The van der Waals surface area contributed by atoms with Crippen LogP contribution in [0.15, 0.2) is 0 Å². The lowest BCUT2D eigenvalue weighted by molar-refractivity contribution is -0.192. The van der Waals surface area contributed by atoms with E-state index in [1.54, 1.807) is 13.8 Å². The van der Waals surface area contributed by atoms with E-state index in [4.69, 9.17) is 10.5 Å². The summed E-state index contributed by atoms with van der Waals surface area (Å²) in [5, 5.41) is 12.4. The Morgan fingerprint density at radius 2 is 1.76 bits per heavy atom. The van der Waals surface area contributed by atoms with E-state index >= 15 is 0 Å². The molecule has 17 heavy (non-hydrogen) atoms. The predicted octanol–water partition coefficient (Wildman–Crippen LogP) is -0.0541. The van der Waals surface area contributed by atoms with E-state index in [1.807, 2.05) is 20.8 Å². The summed E-state index contributed by atoms with van der Waals surface area (Å²) in [5.74, 6) is -0.551. The van der Waals surface area contributed by atoms with Crippen LogP contribution in [-0.4, -0.2) is 41.8 Å². The Labute approximate surface area is 102 Å². The number of carbonyl (C=O) groups is 1. The van der Waals surface area contributed by atoms with E-state index < -0.39 is 29.6 Å². The van der Waals surface area contributed by atoms with E-state index in [0.717, 1.165) is 0 Å². The van der Waals surface area contributed by atoms with Crippen molar-refractivity contribution in [2.24, 2.45) is 5.73 Å². The van der Waals surface area contributed by atoms with Gasteiger partial charge in [0.2, 0.25) is 6.41 Å². The first-order valence-electron chi connectivity index (χ1n) is 5.46. The highest BCUT2D eigenvalue weighted by Crippen LogP contribution is 2.13. The Morgan fingerprint density at radius 1 is 1.29 bits per heavy atom. The van der Waals surface area contributed by atoms with Crippen LogP contribution in [0.2, 0.25) is 0 Å². The fourth-order valence-electron chi connectivity index (χ4n) is 1.19. The summed E-state index contributed by atoms with van der Waals surface area (Å²) >= 11 is 0. The predicted molar refractivity (Wildman–Crippen MR) is 64.1 cm³/mol. The number of methoxy groups -OCH3 is 1. The van der Waals surface area contributed by atoms with Crippen LogP contribution < -0.4 is 11.1 Å². The Bertz CT molecular complexity index is 261. The Morgan fingerprint density at radius 3 is 2.12 bits per heavy atom. The molecule has 102 valence electrons. The maximum atomic E-state index is 11.3. The van der Waals surface area contributed by atoms with Crippen molar-refractivity contribution in [1.29, 1.82) is 0 Å². The molecule has 2 unspecified atom stereocenters. The van der Waals surface area contributed by atoms with Crippen LogP contribution in [0.25, 0.3) is 0 Å². The van der Waals surface area contributed by atoms with Crippen LogP contribution in [0.1, 0.15) is 34.6 Å². The number of nitrogens with two attached hydrogens (primary N) is 1. The van der Waals surface area contributed by atoms with Crippen molar-refractivity contribution in [1.82, 2.24) is 5.32 Å². The molecule has 0 saturated carbocycles. The van der Waals surface area contributed by atoms with Crippen molar-refractivity contribution < 1.29 is 19.4 Å². The SMILES string of the molecule is COC(=O)C(N)C(C)(C)NC(O)OC(C)(C)C. The molecule has 6 nitrogen and oxygen atoms in total. The van der Waals surface area contributed by atoms with Crippen LogP contribution in [0.4, 0.5) is 0 Å². The van der Waals surface area contributed by atoms with E-state index in [0.29, 0.717) is 0 Å². The number of ether oxygens (including phenoxy) is 2. The van der Waals surface area contributed by atoms with Crippen LogP contribution in [-0.2, 0) is 14.3 Å². The third-order valence-corrected chi connectivity index (χ3v) is 2.19. The molecule has 0 aliphatic heterocycles. The quantitative estimate of drug-likeness (QED) is 0.466. The number of nitrogens with one attached hydrogen (secondary N) is 1. The average molecular weight is 248 g/mol. The van der Waals surface area contributed by atoms with Crippen molar-refractivity contribution in [2.75, 3.05) is 7.11 Å². The highest BCUT2D eigenvalue weighted by Gasteiger charge is 2.35. The molecule has 0 aromatic heterocycles. The smallest absolute Gasteiger partial charge is 0.324 e. The molecule has 6 heteroatoms. The van der Waals surface area contributed by atoms with Crippen molar-refractivity contribution in [3.05, 3.63) is 0 Å². The summed E-state index contributed by atoms with van der Waals surface area (Å²) in [6, 6.07) is -0.897. The van der Waals surface area contributed by atoms with Gasteiger partial charge in [0.05, 0.1) is 12.7 Å². The summed E-state index contributed by atoms with van der Waals surface area (Å²) in [5.41, 5.74) is 4.36. The van der Waals surface area contributed by atoms with Crippen LogP contribution >= 0.6 is 0 Å². The van der Waals surface area contributed by atoms with Gasteiger partial charge in [-0.05, 0) is 34.6 Å². The minimum Gasteiger partial charge on any atom is -0.468 e. The van der Waals surface area contributed by atoms with E-state index in [1.165, 1.54) is 7.11 Å². The fourth-order valence-corrected chi connectivity index (χ4v) is 1.19. The zero-order valence-electron chi connectivity index (χ0n) is 11.4. The molecule has 0 aromatic carbocycles. The van der Waals surface area contributed by atoms with Crippen LogP contribution in [0, 0.1) is 0 Å². The fraction of sp³-hybridized carbons (Fsp3) is 0.909. The lowest BCUT2D eigenvalue weighted by Crippen LogP contribution is -2.61. The first-order chi connectivity index (χ1) is 7.49. The number of aliphatic hydroxyl groups is 1. The standard InChI is InChI=1S/C11H24N2O4/c1-10(2,3)17-9(15)13-11(4,5)7(12)8(14)16-6/h7,9,13,15H,12H2,1-6H3. The molecule has 0 aliphatic rings. The summed E-state index contributed by atoms with van der Waals surface area (Å²) in [4.78, 5) is 11.3. The molecule has 0 saturated heterocycles. The molecule has 0 rings (SSSR count). The van der Waals surface area contributed by atoms with Gasteiger partial charge < -0.3 is 20.3 Å². The lowest BCUT2D eigenvalue weighted by atomic mass is 9.95. The molecule has 0 aromatic rings. The van der Waals surface area contributed by atoms with Crippen molar-refractivity contribution in [3.63, 3.8) is 0 Å². The highest BCUT2D eigenvalue weighted by atomic mass is 16.6. The Hall–Kier alpha value is -0.690. The molecule has 2 atom stereocenters. The maximum absolute atomic E-state index is 11.3. The van der Waals surface area contributed by atoms with Gasteiger partial charge in [0.1, 0.15) is 6.04 Å². The van der Waals surface area contributed by atoms with Gasteiger partial charge in [-0.25, -0.2) is 0 Å². The molecule has 0 aliphatic carbocycles. The monoisotopic (exact) mass is 248 g/mol. The number of aliphatic hydroxyl groups excluding tert-OH is 1. The van der Waals surface area contributed by atoms with E-state index in [9.17, 15) is 9.90 Å². The second-order valence-corrected chi connectivity index (χ2v) is 5.45. The summed E-state index contributed by atoms with van der Waals surface area (Å²) in [6.07, 6.45) is -1.21. The minimum atomic E-state index is -1.21. The Balaban J connectivity index is 4.48. The van der Waals surface area contributed by atoms with Gasteiger partial charge in [-0.15, -0.1) is 0 Å². The number of rotatable bonds is 5. The lowest BCUT2D eigenvalue weighted by Gasteiger charge is -2.35. The zero-order valence-corrected chi connectivity index (χ0v) is 11.4. The molecular weight excluding hydrogens is 224 g/mol. The first kappa shape index (κ1) is 16.3. The number of hydrogen-bond donors (Lipinski definition) is 3. The van der Waals surface area contributed by atoms with Gasteiger partial charge in [0.25, 0.3) is 0 Å². The van der Waals surface area contributed by atoms with E-state index in [-0.39, 0.29) is 0 Å².